The van der Waals surface area contributed by atoms with E-state index in [1.807, 2.05) is 0 Å². The van der Waals surface area contributed by atoms with Crippen molar-refractivity contribution in [1.82, 2.24) is 4.98 Å². The van der Waals surface area contributed by atoms with Crippen molar-refractivity contribution in [1.29, 1.82) is 0 Å². The molecule has 21 heavy (non-hydrogen) atoms. The van der Waals surface area contributed by atoms with Gasteiger partial charge in [-0.3, -0.25) is 10.1 Å². The number of aryl methyl sites for hydroxylation is 2. The Labute approximate surface area is 120 Å². The summed E-state index contributed by atoms with van der Waals surface area (Å²) in [5.41, 5.74) is 0.930. The molecule has 0 spiro atoms. The van der Waals surface area contributed by atoms with E-state index in [1.165, 1.54) is 24.4 Å². The summed E-state index contributed by atoms with van der Waals surface area (Å²) in [5.74, 6) is -1.06. The molecular weight excluding hydrogens is 276 g/mol. The number of rotatable bonds is 4. The number of pyridine rings is 1. The number of nitrogens with zero attached hydrogens (tertiary/aromatic N) is 2. The van der Waals surface area contributed by atoms with Crippen LogP contribution in [0.4, 0.5) is 5.69 Å². The third-order valence-electron chi connectivity index (χ3n) is 2.93. The summed E-state index contributed by atoms with van der Waals surface area (Å²) in [7, 11) is 0. The van der Waals surface area contributed by atoms with E-state index < -0.39 is 10.9 Å². The molecule has 1 aromatic heterocycles. The van der Waals surface area contributed by atoms with Gasteiger partial charge in [-0.05, 0) is 37.1 Å². The Balaban J connectivity index is 2.48. The van der Waals surface area contributed by atoms with Crippen molar-refractivity contribution in [2.75, 3.05) is 0 Å². The zero-order valence-corrected chi connectivity index (χ0v) is 11.4. The van der Waals surface area contributed by atoms with Gasteiger partial charge in [0.1, 0.15) is 11.3 Å². The summed E-state index contributed by atoms with van der Waals surface area (Å²) in [6.07, 6.45) is 1.42. The van der Waals surface area contributed by atoms with Gasteiger partial charge in [-0.25, -0.2) is 9.78 Å². The summed E-state index contributed by atoms with van der Waals surface area (Å²) in [6.45, 7) is 3.33. The number of hydrogen-bond donors (Lipinski definition) is 1. The number of non-ortho nitro benzene ring substituents is 1. The highest BCUT2D eigenvalue weighted by molar-refractivity contribution is 5.91. The molecule has 0 radical (unpaired) electrons. The molecular formula is C14H12N2O5. The van der Waals surface area contributed by atoms with Crippen LogP contribution in [0.25, 0.3) is 0 Å². The molecule has 0 saturated carbocycles. The van der Waals surface area contributed by atoms with Crippen molar-refractivity contribution in [3.63, 3.8) is 0 Å². The van der Waals surface area contributed by atoms with Crippen LogP contribution in [0.5, 0.6) is 11.6 Å². The minimum atomic E-state index is -1.17. The Bertz CT molecular complexity index is 727. The van der Waals surface area contributed by atoms with Gasteiger partial charge in [0.2, 0.25) is 5.88 Å². The minimum Gasteiger partial charge on any atom is -0.477 e. The normalized spacial score (nSPS) is 10.2. The maximum Gasteiger partial charge on any atom is 0.341 e. The van der Waals surface area contributed by atoms with Gasteiger partial charge in [-0.1, -0.05) is 0 Å². The molecule has 2 aromatic rings. The average molecular weight is 288 g/mol. The standard InChI is InChI=1S/C14H12N2O5/c1-8-3-4-10(16(19)20)7-11(8)21-13-12(14(17)18)9(2)5-6-15-13/h3-7H,1-2H3,(H,17,18). The van der Waals surface area contributed by atoms with Gasteiger partial charge in [-0.2, -0.15) is 0 Å². The average Bonchev–Trinajstić information content (AvgIpc) is 2.40. The third-order valence-corrected chi connectivity index (χ3v) is 2.93. The van der Waals surface area contributed by atoms with E-state index in [0.717, 1.165) is 0 Å². The lowest BCUT2D eigenvalue weighted by Crippen LogP contribution is -2.05. The molecule has 0 atom stereocenters. The van der Waals surface area contributed by atoms with Crippen molar-refractivity contribution in [3.05, 3.63) is 57.3 Å². The maximum atomic E-state index is 11.3. The minimum absolute atomic E-state index is 0.0663. The largest absolute Gasteiger partial charge is 0.477 e. The lowest BCUT2D eigenvalue weighted by atomic mass is 10.1. The number of carboxylic acids is 1. The first-order valence-electron chi connectivity index (χ1n) is 6.02. The second-order valence-corrected chi connectivity index (χ2v) is 4.42. The fraction of sp³-hybridized carbons (Fsp3) is 0.143. The first-order valence-corrected chi connectivity index (χ1v) is 6.02. The van der Waals surface area contributed by atoms with Gasteiger partial charge in [0.15, 0.2) is 0 Å². The maximum absolute atomic E-state index is 11.3. The summed E-state index contributed by atoms with van der Waals surface area (Å²) in [6, 6.07) is 5.68. The zero-order valence-electron chi connectivity index (χ0n) is 11.4. The Hall–Kier alpha value is -2.96. The van der Waals surface area contributed by atoms with Crippen molar-refractivity contribution < 1.29 is 19.6 Å². The summed E-state index contributed by atoms with van der Waals surface area (Å²) >= 11 is 0. The molecule has 0 amide bonds. The molecule has 1 heterocycles. The number of aromatic carboxylic acids is 1. The Morgan fingerprint density at radius 3 is 2.62 bits per heavy atom. The third kappa shape index (κ3) is 2.97. The Morgan fingerprint density at radius 2 is 2.00 bits per heavy atom. The van der Waals surface area contributed by atoms with Crippen LogP contribution in [0, 0.1) is 24.0 Å². The van der Waals surface area contributed by atoms with Gasteiger partial charge in [-0.15, -0.1) is 0 Å². The second kappa shape index (κ2) is 5.58. The molecule has 7 nitrogen and oxygen atoms in total. The molecule has 0 aliphatic carbocycles. The SMILES string of the molecule is Cc1ccc([N+](=O)[O-])cc1Oc1nccc(C)c1C(=O)O. The molecule has 7 heteroatoms. The first kappa shape index (κ1) is 14.4. The number of carbonyl (C=O) groups is 1. The molecule has 0 bridgehead atoms. The Kier molecular flexibility index (Phi) is 3.84. The van der Waals surface area contributed by atoms with Crippen LogP contribution < -0.4 is 4.74 Å². The smallest absolute Gasteiger partial charge is 0.341 e. The number of nitro groups is 1. The Morgan fingerprint density at radius 1 is 1.29 bits per heavy atom. The van der Waals surface area contributed by atoms with Crippen LogP contribution in [0.15, 0.2) is 30.5 Å². The highest BCUT2D eigenvalue weighted by Gasteiger charge is 2.18. The van der Waals surface area contributed by atoms with Crippen LogP contribution in [0.3, 0.4) is 0 Å². The fourth-order valence-corrected chi connectivity index (χ4v) is 1.79. The number of nitro benzene ring substituents is 1. The van der Waals surface area contributed by atoms with Crippen LogP contribution in [0.1, 0.15) is 21.5 Å². The van der Waals surface area contributed by atoms with E-state index in [2.05, 4.69) is 4.98 Å². The van der Waals surface area contributed by atoms with Crippen LogP contribution in [0.2, 0.25) is 0 Å². The van der Waals surface area contributed by atoms with E-state index in [-0.39, 0.29) is 22.9 Å². The fourth-order valence-electron chi connectivity index (χ4n) is 1.79. The summed E-state index contributed by atoms with van der Waals surface area (Å²) < 4.78 is 5.48. The van der Waals surface area contributed by atoms with Gasteiger partial charge in [0.05, 0.1) is 11.0 Å². The molecule has 1 N–H and O–H groups in total. The molecule has 0 fully saturated rings. The molecule has 0 unspecified atom stereocenters. The first-order chi connectivity index (χ1) is 9.90. The van der Waals surface area contributed by atoms with E-state index >= 15 is 0 Å². The van der Waals surface area contributed by atoms with Crippen LogP contribution in [-0.2, 0) is 0 Å². The van der Waals surface area contributed by atoms with Crippen molar-refractivity contribution in [3.8, 4) is 11.6 Å². The lowest BCUT2D eigenvalue weighted by molar-refractivity contribution is -0.384. The number of carboxylic acid groups (broad SMARTS) is 1. The van der Waals surface area contributed by atoms with Crippen molar-refractivity contribution in [2.45, 2.75) is 13.8 Å². The number of ether oxygens (including phenoxy) is 1. The summed E-state index contributed by atoms with van der Waals surface area (Å²) in [4.78, 5) is 25.4. The van der Waals surface area contributed by atoms with Crippen LogP contribution >= 0.6 is 0 Å². The predicted molar refractivity (Wildman–Crippen MR) is 73.8 cm³/mol. The van der Waals surface area contributed by atoms with E-state index in [0.29, 0.717) is 11.1 Å². The molecule has 0 aliphatic rings. The van der Waals surface area contributed by atoms with Gasteiger partial charge < -0.3 is 9.84 Å². The van der Waals surface area contributed by atoms with Crippen molar-refractivity contribution in [2.24, 2.45) is 0 Å². The summed E-state index contributed by atoms with van der Waals surface area (Å²) in [5, 5.41) is 20.0. The van der Waals surface area contributed by atoms with Gasteiger partial charge in [0, 0.05) is 12.3 Å². The molecule has 0 saturated heterocycles. The molecule has 0 aliphatic heterocycles. The van der Waals surface area contributed by atoms with Gasteiger partial charge >= 0.3 is 5.97 Å². The molecule has 1 aromatic carbocycles. The quantitative estimate of drug-likeness (QED) is 0.685. The predicted octanol–water partition coefficient (Wildman–Crippen LogP) is 3.10. The number of aromatic nitrogens is 1. The van der Waals surface area contributed by atoms with Crippen LogP contribution in [-0.4, -0.2) is 21.0 Å². The number of benzene rings is 1. The van der Waals surface area contributed by atoms with Crippen molar-refractivity contribution >= 4 is 11.7 Å². The second-order valence-electron chi connectivity index (χ2n) is 4.42. The van der Waals surface area contributed by atoms with E-state index in [1.54, 1.807) is 19.9 Å². The highest BCUT2D eigenvalue weighted by Crippen LogP contribution is 2.30. The molecule has 108 valence electrons. The monoisotopic (exact) mass is 288 g/mol. The molecule has 2 rings (SSSR count). The number of hydrogen-bond acceptors (Lipinski definition) is 5. The lowest BCUT2D eigenvalue weighted by Gasteiger charge is -2.11. The van der Waals surface area contributed by atoms with E-state index in [9.17, 15) is 20.0 Å². The highest BCUT2D eigenvalue weighted by atomic mass is 16.6. The zero-order chi connectivity index (χ0) is 15.6. The van der Waals surface area contributed by atoms with E-state index in [4.69, 9.17) is 4.74 Å². The van der Waals surface area contributed by atoms with Gasteiger partial charge in [0.25, 0.3) is 5.69 Å². The topological polar surface area (TPSA) is 103 Å².